The molecule has 4 N–H and O–H groups in total. The molecule has 0 heterocycles. The Morgan fingerprint density at radius 2 is 1.60 bits per heavy atom. The van der Waals surface area contributed by atoms with Gasteiger partial charge in [-0.05, 0) is 124 Å². The number of nitrogens with one attached hydrogen (secondary N) is 1. The number of fused-ring (bicyclic) bond motifs is 5. The van der Waals surface area contributed by atoms with Gasteiger partial charge in [0.15, 0.2) is 5.78 Å². The Bertz CT molecular complexity index is 2050. The van der Waals surface area contributed by atoms with Gasteiger partial charge in [-0.2, -0.15) is 0 Å². The van der Waals surface area contributed by atoms with Gasteiger partial charge in [0.05, 0.1) is 12.3 Å². The smallest absolute Gasteiger partial charge is 0.303 e. The summed E-state index contributed by atoms with van der Waals surface area (Å²) < 4.78 is 0. The van der Waals surface area contributed by atoms with Crippen LogP contribution in [0, 0.1) is 0 Å². The molecule has 2 atom stereocenters. The summed E-state index contributed by atoms with van der Waals surface area (Å²) in [5.41, 5.74) is 16.5. The van der Waals surface area contributed by atoms with Gasteiger partial charge < -0.3 is 16.2 Å². The van der Waals surface area contributed by atoms with Gasteiger partial charge in [0.2, 0.25) is 0 Å². The first-order chi connectivity index (χ1) is 23.3. The fourth-order valence-electron chi connectivity index (χ4n) is 7.49. The average Bonchev–Trinajstić information content (AvgIpc) is 3.10. The number of carbonyl (C=O) groups is 3. The molecule has 1 amide bonds. The third-order valence-electron chi connectivity index (χ3n) is 9.78. The molecule has 0 saturated heterocycles. The van der Waals surface area contributed by atoms with Crippen molar-refractivity contribution in [3.63, 3.8) is 0 Å². The number of carboxylic acids is 1. The molecule has 6 nitrogen and oxygen atoms in total. The number of Topliss-reactive ketones (excluding diaryl/α,β-unsaturated/α-hetero) is 1. The van der Waals surface area contributed by atoms with Crippen LogP contribution in [0.1, 0.15) is 79.6 Å². The van der Waals surface area contributed by atoms with Crippen LogP contribution in [0.4, 0.5) is 5.69 Å². The lowest BCUT2D eigenvalue weighted by atomic mass is 9.69. The number of rotatable bonds is 8. The number of hydrogen-bond acceptors (Lipinski definition) is 4. The van der Waals surface area contributed by atoms with Gasteiger partial charge in [0.25, 0.3) is 5.91 Å². The number of carboxylic acid groups (broad SMARTS) is 1. The van der Waals surface area contributed by atoms with Gasteiger partial charge in [-0.25, -0.2) is 0 Å². The Balaban J connectivity index is 1.18. The van der Waals surface area contributed by atoms with Gasteiger partial charge >= 0.3 is 5.97 Å². The van der Waals surface area contributed by atoms with Gasteiger partial charge in [-0.15, -0.1) is 0 Å². The fourth-order valence-corrected chi connectivity index (χ4v) is 7.68. The summed E-state index contributed by atoms with van der Waals surface area (Å²) in [6.45, 7) is 0.450. The SMILES string of the molecule is NCc1ccc(-c2ccccc2C(=O)Nc2ccc(C(=O)C3Cc4cc(Cl)ccc4-c4ccc5c(c43)CCCC5CC(=O)O)cc2)cc1. The highest BCUT2D eigenvalue weighted by Crippen LogP contribution is 2.48. The molecule has 0 bridgehead atoms. The van der Waals surface area contributed by atoms with Crippen LogP contribution in [0.2, 0.25) is 5.02 Å². The van der Waals surface area contributed by atoms with E-state index in [-0.39, 0.29) is 24.0 Å². The van der Waals surface area contributed by atoms with E-state index in [4.69, 9.17) is 17.3 Å². The van der Waals surface area contributed by atoms with Gasteiger partial charge in [0, 0.05) is 28.4 Å². The molecular weight excluding hydrogens is 620 g/mol. The molecule has 0 aromatic heterocycles. The standard InChI is InChI=1S/C41H35ClN2O4/c42-29-14-17-33-28(20-29)21-37(39-34-7-3-4-27(22-38(45)46)32(34)18-19-35(33)39)40(47)26-12-15-30(16-13-26)44-41(48)36-6-2-1-5-31(36)25-10-8-24(23-43)9-11-25/h1-2,5-6,8-20,27,37H,3-4,7,21-23,43H2,(H,44,48)(H,45,46). The van der Waals surface area contributed by atoms with Crippen LogP contribution in [0.3, 0.4) is 0 Å². The minimum atomic E-state index is -0.810. The molecule has 0 spiro atoms. The molecule has 0 fully saturated rings. The van der Waals surface area contributed by atoms with E-state index in [1.807, 2.05) is 60.7 Å². The number of ketones is 1. The number of amides is 1. The highest BCUT2D eigenvalue weighted by Gasteiger charge is 2.36. The Labute approximate surface area is 284 Å². The van der Waals surface area contributed by atoms with Gasteiger partial charge in [0.1, 0.15) is 0 Å². The lowest BCUT2D eigenvalue weighted by molar-refractivity contribution is -0.137. The predicted molar refractivity (Wildman–Crippen MR) is 190 cm³/mol. The van der Waals surface area contributed by atoms with Gasteiger partial charge in [-0.3, -0.25) is 14.4 Å². The largest absolute Gasteiger partial charge is 0.481 e. The van der Waals surface area contributed by atoms with E-state index in [2.05, 4.69) is 17.4 Å². The first-order valence-corrected chi connectivity index (χ1v) is 16.7. The topological polar surface area (TPSA) is 109 Å². The summed E-state index contributed by atoms with van der Waals surface area (Å²) in [5, 5.41) is 13.2. The first kappa shape index (κ1) is 31.6. The monoisotopic (exact) mass is 654 g/mol. The average molecular weight is 655 g/mol. The van der Waals surface area contributed by atoms with E-state index in [0.29, 0.717) is 34.8 Å². The Morgan fingerprint density at radius 3 is 2.35 bits per heavy atom. The van der Waals surface area contributed by atoms with Crippen LogP contribution in [0.25, 0.3) is 22.3 Å². The summed E-state index contributed by atoms with van der Waals surface area (Å²) in [6.07, 6.45) is 3.09. The Morgan fingerprint density at radius 1 is 0.854 bits per heavy atom. The zero-order valence-electron chi connectivity index (χ0n) is 26.3. The van der Waals surface area contributed by atoms with Crippen molar-refractivity contribution in [2.75, 3.05) is 5.32 Å². The second kappa shape index (κ2) is 13.2. The van der Waals surface area contributed by atoms with Crippen molar-refractivity contribution < 1.29 is 19.5 Å². The van der Waals surface area contributed by atoms with Crippen molar-refractivity contribution >= 4 is 34.9 Å². The number of nitrogens with two attached hydrogens (primary N) is 1. The summed E-state index contributed by atoms with van der Waals surface area (Å²) >= 11 is 6.41. The van der Waals surface area contributed by atoms with Crippen molar-refractivity contribution in [3.05, 3.63) is 147 Å². The van der Waals surface area contributed by atoms with Crippen molar-refractivity contribution in [2.24, 2.45) is 5.73 Å². The lowest BCUT2D eigenvalue weighted by Crippen LogP contribution is -2.25. The minimum Gasteiger partial charge on any atom is -0.481 e. The van der Waals surface area contributed by atoms with E-state index in [9.17, 15) is 19.5 Å². The van der Waals surface area contributed by atoms with Crippen LogP contribution in [-0.2, 0) is 24.2 Å². The summed E-state index contributed by atoms with van der Waals surface area (Å²) in [7, 11) is 0. The molecule has 7 heteroatoms. The highest BCUT2D eigenvalue weighted by molar-refractivity contribution is 6.30. The summed E-state index contributed by atoms with van der Waals surface area (Å²) in [4.78, 5) is 39.5. The van der Waals surface area contributed by atoms with E-state index >= 15 is 0 Å². The number of aliphatic carboxylic acids is 1. The predicted octanol–water partition coefficient (Wildman–Crippen LogP) is 8.80. The van der Waals surface area contributed by atoms with Crippen LogP contribution < -0.4 is 11.1 Å². The van der Waals surface area contributed by atoms with Crippen LogP contribution in [0.5, 0.6) is 0 Å². The molecule has 240 valence electrons. The van der Waals surface area contributed by atoms with E-state index in [1.54, 1.807) is 30.3 Å². The van der Waals surface area contributed by atoms with Crippen molar-refractivity contribution in [2.45, 2.75) is 50.5 Å². The molecule has 2 aliphatic rings. The van der Waals surface area contributed by atoms with Crippen molar-refractivity contribution in [1.29, 1.82) is 0 Å². The molecule has 5 aromatic carbocycles. The molecule has 7 rings (SSSR count). The second-order valence-corrected chi connectivity index (χ2v) is 13.1. The third-order valence-corrected chi connectivity index (χ3v) is 10.0. The maximum atomic E-state index is 14.4. The number of anilines is 1. The highest BCUT2D eigenvalue weighted by atomic mass is 35.5. The van der Waals surface area contributed by atoms with Crippen LogP contribution >= 0.6 is 11.6 Å². The molecule has 0 radical (unpaired) electrons. The van der Waals surface area contributed by atoms with Crippen LogP contribution in [0.15, 0.2) is 103 Å². The number of benzene rings is 5. The van der Waals surface area contributed by atoms with Crippen molar-refractivity contribution in [1.82, 2.24) is 0 Å². The molecule has 2 aliphatic carbocycles. The molecule has 0 saturated carbocycles. The number of carbonyl (C=O) groups excluding carboxylic acids is 2. The van der Waals surface area contributed by atoms with E-state index < -0.39 is 11.9 Å². The Kier molecular flexibility index (Phi) is 8.69. The lowest BCUT2D eigenvalue weighted by Gasteiger charge is -2.34. The zero-order valence-corrected chi connectivity index (χ0v) is 27.1. The molecule has 5 aromatic rings. The molecule has 48 heavy (non-hydrogen) atoms. The zero-order chi connectivity index (χ0) is 33.4. The second-order valence-electron chi connectivity index (χ2n) is 12.7. The maximum absolute atomic E-state index is 14.4. The summed E-state index contributed by atoms with van der Waals surface area (Å²) in [5.74, 6) is -1.58. The van der Waals surface area contributed by atoms with Gasteiger partial charge in [-0.1, -0.05) is 72.3 Å². The molecular formula is C41H35ClN2O4. The molecule has 2 unspecified atom stereocenters. The first-order valence-electron chi connectivity index (χ1n) is 16.3. The Hall–Kier alpha value is -5.04. The maximum Gasteiger partial charge on any atom is 0.303 e. The summed E-state index contributed by atoms with van der Waals surface area (Å²) in [6, 6.07) is 32.3. The third kappa shape index (κ3) is 6.05. The van der Waals surface area contributed by atoms with Crippen LogP contribution in [-0.4, -0.2) is 22.8 Å². The van der Waals surface area contributed by atoms with E-state index in [1.165, 1.54) is 0 Å². The molecule has 0 aliphatic heterocycles. The minimum absolute atomic E-state index is 0.0141. The number of halogens is 1. The fraction of sp³-hybridized carbons (Fsp3) is 0.195. The van der Waals surface area contributed by atoms with E-state index in [0.717, 1.165) is 69.3 Å². The normalized spacial score (nSPS) is 16.3. The van der Waals surface area contributed by atoms with Crippen molar-refractivity contribution in [3.8, 4) is 22.3 Å². The quantitative estimate of drug-likeness (QED) is 0.145. The number of hydrogen-bond donors (Lipinski definition) is 3.